The topological polar surface area (TPSA) is 69.8 Å². The van der Waals surface area contributed by atoms with Gasteiger partial charge in [-0.15, -0.1) is 0 Å². The second-order valence-electron chi connectivity index (χ2n) is 5.91. The molecule has 2 aromatic heterocycles. The number of H-pyrrole nitrogens is 1. The highest BCUT2D eigenvalue weighted by Gasteiger charge is 2.13. The van der Waals surface area contributed by atoms with Gasteiger partial charge in [0, 0.05) is 22.0 Å². The molecule has 0 aliphatic carbocycles. The van der Waals surface area contributed by atoms with E-state index in [1.807, 2.05) is 25.1 Å². The number of aryl methyl sites for hydroxylation is 2. The number of nitriles is 1. The van der Waals surface area contributed by atoms with E-state index >= 15 is 0 Å². The van der Waals surface area contributed by atoms with Gasteiger partial charge in [0.15, 0.2) is 0 Å². The van der Waals surface area contributed by atoms with Crippen LogP contribution in [0, 0.1) is 25.2 Å². The maximum Gasteiger partial charge on any atom is 0.344 e. The summed E-state index contributed by atoms with van der Waals surface area (Å²) in [6, 6.07) is 14.6. The van der Waals surface area contributed by atoms with E-state index in [1.165, 1.54) is 0 Å². The van der Waals surface area contributed by atoms with Gasteiger partial charge in [-0.2, -0.15) is 5.26 Å². The number of nitrogens with zero attached hydrogens (tertiary/aromatic N) is 1. The van der Waals surface area contributed by atoms with E-state index < -0.39 is 0 Å². The molecule has 0 unspecified atom stereocenters. The van der Waals surface area contributed by atoms with E-state index in [1.54, 1.807) is 24.3 Å². The summed E-state index contributed by atoms with van der Waals surface area (Å²) >= 11 is 0. The van der Waals surface area contributed by atoms with Gasteiger partial charge in [-0.05, 0) is 55.3 Å². The molecule has 0 saturated heterocycles. The first-order valence-electron chi connectivity index (χ1n) is 7.65. The van der Waals surface area contributed by atoms with Crippen molar-refractivity contribution in [2.45, 2.75) is 13.8 Å². The van der Waals surface area contributed by atoms with E-state index in [0.717, 1.165) is 33.1 Å². The highest BCUT2D eigenvalue weighted by Crippen LogP contribution is 2.31. The van der Waals surface area contributed by atoms with Crippen LogP contribution in [-0.2, 0) is 0 Å². The van der Waals surface area contributed by atoms with Gasteiger partial charge in [0.05, 0.1) is 17.2 Å². The van der Waals surface area contributed by atoms with E-state index in [-0.39, 0.29) is 5.63 Å². The molecule has 0 radical (unpaired) electrons. The molecule has 0 spiro atoms. The molecule has 1 N–H and O–H groups in total. The van der Waals surface area contributed by atoms with Crippen LogP contribution < -0.4 is 5.63 Å². The lowest BCUT2D eigenvalue weighted by molar-refractivity contribution is 0.564. The molecule has 2 aromatic carbocycles. The van der Waals surface area contributed by atoms with E-state index in [4.69, 9.17) is 9.68 Å². The summed E-state index contributed by atoms with van der Waals surface area (Å²) in [4.78, 5) is 15.7. The summed E-state index contributed by atoms with van der Waals surface area (Å²) in [5.41, 5.74) is 5.27. The minimum absolute atomic E-state index is 0.378. The Kier molecular flexibility index (Phi) is 3.04. The fraction of sp³-hybridized carbons (Fsp3) is 0.100. The summed E-state index contributed by atoms with van der Waals surface area (Å²) in [6.07, 6.45) is 0. The van der Waals surface area contributed by atoms with Gasteiger partial charge in [0.25, 0.3) is 0 Å². The van der Waals surface area contributed by atoms with Gasteiger partial charge >= 0.3 is 5.63 Å². The van der Waals surface area contributed by atoms with Crippen LogP contribution in [0.25, 0.3) is 33.0 Å². The Labute approximate surface area is 138 Å². The Morgan fingerprint density at radius 1 is 1.08 bits per heavy atom. The lowest BCUT2D eigenvalue weighted by atomic mass is 10.0. The third-order valence-corrected chi connectivity index (χ3v) is 4.50. The molecule has 4 heteroatoms. The molecular weight excluding hydrogens is 300 g/mol. The second kappa shape index (κ2) is 5.10. The maximum absolute atomic E-state index is 12.4. The zero-order valence-electron chi connectivity index (χ0n) is 13.3. The smallest absolute Gasteiger partial charge is 0.344 e. The molecule has 4 aromatic rings. The average molecular weight is 314 g/mol. The van der Waals surface area contributed by atoms with Crippen LogP contribution >= 0.6 is 0 Å². The molecule has 4 rings (SSSR count). The van der Waals surface area contributed by atoms with Crippen molar-refractivity contribution in [1.82, 2.24) is 4.98 Å². The van der Waals surface area contributed by atoms with Gasteiger partial charge in [0.1, 0.15) is 5.58 Å². The van der Waals surface area contributed by atoms with E-state index in [0.29, 0.717) is 16.7 Å². The fourth-order valence-electron chi connectivity index (χ4n) is 3.11. The first kappa shape index (κ1) is 14.3. The van der Waals surface area contributed by atoms with Crippen LogP contribution in [0.2, 0.25) is 0 Å². The second-order valence-corrected chi connectivity index (χ2v) is 5.91. The number of aromatic nitrogens is 1. The monoisotopic (exact) mass is 314 g/mol. The lowest BCUT2D eigenvalue weighted by Crippen LogP contribution is -2.02. The summed E-state index contributed by atoms with van der Waals surface area (Å²) in [6.45, 7) is 4.09. The Bertz CT molecular complexity index is 1190. The first-order valence-corrected chi connectivity index (χ1v) is 7.65. The maximum atomic E-state index is 12.4. The van der Waals surface area contributed by atoms with E-state index in [2.05, 4.69) is 18.0 Å². The van der Waals surface area contributed by atoms with Crippen molar-refractivity contribution < 1.29 is 4.42 Å². The minimum Gasteiger partial charge on any atom is -0.422 e. The van der Waals surface area contributed by atoms with Crippen molar-refractivity contribution in [3.63, 3.8) is 0 Å². The van der Waals surface area contributed by atoms with Crippen LogP contribution in [0.5, 0.6) is 0 Å². The predicted octanol–water partition coefficient (Wildman–Crippen LogP) is 4.43. The third-order valence-electron chi connectivity index (χ3n) is 4.50. The minimum atomic E-state index is -0.378. The Morgan fingerprint density at radius 3 is 2.54 bits per heavy atom. The quantitative estimate of drug-likeness (QED) is 0.528. The standard InChI is InChI=1S/C20H14N2O2/c1-11-12(2)22-17-7-8-18-16(19(11)17)9-15(20(23)24-18)14-5-3-13(10-21)4-6-14/h3-9,22H,1-2H3. The van der Waals surface area contributed by atoms with Crippen molar-refractivity contribution in [2.24, 2.45) is 0 Å². The third kappa shape index (κ3) is 2.03. The molecule has 0 bridgehead atoms. The Hall–Kier alpha value is -3.32. The summed E-state index contributed by atoms with van der Waals surface area (Å²) < 4.78 is 5.54. The molecule has 2 heterocycles. The Morgan fingerprint density at radius 2 is 1.83 bits per heavy atom. The van der Waals surface area contributed by atoms with Crippen LogP contribution in [0.3, 0.4) is 0 Å². The number of benzene rings is 2. The van der Waals surface area contributed by atoms with Gasteiger partial charge in [-0.3, -0.25) is 0 Å². The number of aromatic amines is 1. The normalized spacial score (nSPS) is 11.0. The molecule has 4 nitrogen and oxygen atoms in total. The highest BCUT2D eigenvalue weighted by atomic mass is 16.4. The number of nitrogens with one attached hydrogen (secondary N) is 1. The SMILES string of the molecule is Cc1[nH]c2ccc3oc(=O)c(-c4ccc(C#N)cc4)cc3c2c1C. The van der Waals surface area contributed by atoms with Crippen LogP contribution in [0.1, 0.15) is 16.8 Å². The van der Waals surface area contributed by atoms with Crippen LogP contribution in [0.4, 0.5) is 0 Å². The number of fused-ring (bicyclic) bond motifs is 3. The molecule has 116 valence electrons. The fourth-order valence-corrected chi connectivity index (χ4v) is 3.11. The predicted molar refractivity (Wildman–Crippen MR) is 94.0 cm³/mol. The molecule has 24 heavy (non-hydrogen) atoms. The lowest BCUT2D eigenvalue weighted by Gasteiger charge is -2.05. The average Bonchev–Trinajstić information content (AvgIpc) is 2.89. The zero-order chi connectivity index (χ0) is 16.8. The van der Waals surface area contributed by atoms with Gasteiger partial charge in [0.2, 0.25) is 0 Å². The first-order chi connectivity index (χ1) is 11.6. The zero-order valence-corrected chi connectivity index (χ0v) is 13.3. The number of rotatable bonds is 1. The largest absolute Gasteiger partial charge is 0.422 e. The van der Waals surface area contributed by atoms with Gasteiger partial charge < -0.3 is 9.40 Å². The summed E-state index contributed by atoms with van der Waals surface area (Å²) in [7, 11) is 0. The van der Waals surface area contributed by atoms with Crippen molar-refractivity contribution in [3.05, 3.63) is 69.7 Å². The van der Waals surface area contributed by atoms with E-state index in [9.17, 15) is 4.79 Å². The molecule has 0 saturated carbocycles. The highest BCUT2D eigenvalue weighted by molar-refractivity contribution is 6.07. The van der Waals surface area contributed by atoms with Gasteiger partial charge in [-0.25, -0.2) is 4.79 Å². The van der Waals surface area contributed by atoms with Crippen LogP contribution in [0.15, 0.2) is 51.7 Å². The molecule has 0 aliphatic rings. The van der Waals surface area contributed by atoms with Crippen molar-refractivity contribution in [3.8, 4) is 17.2 Å². The number of hydrogen-bond donors (Lipinski definition) is 1. The molecular formula is C20H14N2O2. The number of hydrogen-bond acceptors (Lipinski definition) is 3. The molecule has 0 aliphatic heterocycles. The van der Waals surface area contributed by atoms with Crippen molar-refractivity contribution in [1.29, 1.82) is 5.26 Å². The summed E-state index contributed by atoms with van der Waals surface area (Å²) in [5, 5.41) is 10.9. The Balaban J connectivity index is 2.06. The summed E-state index contributed by atoms with van der Waals surface area (Å²) in [5.74, 6) is 0. The van der Waals surface area contributed by atoms with Crippen molar-refractivity contribution >= 4 is 21.9 Å². The van der Waals surface area contributed by atoms with Crippen LogP contribution in [-0.4, -0.2) is 4.98 Å². The van der Waals surface area contributed by atoms with Crippen molar-refractivity contribution in [2.75, 3.05) is 0 Å². The van der Waals surface area contributed by atoms with Gasteiger partial charge in [-0.1, -0.05) is 12.1 Å². The molecule has 0 atom stereocenters. The molecule has 0 amide bonds. The molecule has 0 fully saturated rings.